The molecule has 7 nitrogen and oxygen atoms in total. The van der Waals surface area contributed by atoms with E-state index < -0.39 is 17.3 Å². The van der Waals surface area contributed by atoms with Crippen LogP contribution in [0.5, 0.6) is 0 Å². The Kier molecular flexibility index (Phi) is 4.69. The van der Waals surface area contributed by atoms with E-state index in [1.165, 1.54) is 7.11 Å². The van der Waals surface area contributed by atoms with E-state index in [9.17, 15) is 20.6 Å². The SMILES string of the molecule is COC(=O)c1ccc(C2C3CNCC=C3C(C#N)=C(N)C2(C#N)C#N)cc1. The molecule has 0 bridgehead atoms. The van der Waals surface area contributed by atoms with Crippen molar-refractivity contribution in [2.24, 2.45) is 17.1 Å². The smallest absolute Gasteiger partial charge is 0.337 e. The van der Waals surface area contributed by atoms with Gasteiger partial charge < -0.3 is 15.8 Å². The van der Waals surface area contributed by atoms with Crippen LogP contribution in [-0.4, -0.2) is 26.2 Å². The van der Waals surface area contributed by atoms with Gasteiger partial charge in [0.1, 0.15) is 6.07 Å². The van der Waals surface area contributed by atoms with E-state index in [1.807, 2.05) is 6.08 Å². The summed E-state index contributed by atoms with van der Waals surface area (Å²) < 4.78 is 4.71. The number of esters is 1. The van der Waals surface area contributed by atoms with Gasteiger partial charge in [-0.3, -0.25) is 0 Å². The molecule has 2 aliphatic rings. The molecule has 0 amide bonds. The number of ether oxygens (including phenoxy) is 1. The molecule has 1 heterocycles. The van der Waals surface area contributed by atoms with Crippen molar-refractivity contribution in [2.75, 3.05) is 20.2 Å². The third-order valence-corrected chi connectivity index (χ3v) is 5.24. The van der Waals surface area contributed by atoms with Gasteiger partial charge >= 0.3 is 5.97 Å². The molecule has 2 unspecified atom stereocenters. The largest absolute Gasteiger partial charge is 0.465 e. The predicted octanol–water partition coefficient (Wildman–Crippen LogP) is 1.49. The zero-order valence-corrected chi connectivity index (χ0v) is 14.7. The van der Waals surface area contributed by atoms with Crippen molar-refractivity contribution < 1.29 is 9.53 Å². The number of hydrogen-bond acceptors (Lipinski definition) is 7. The van der Waals surface area contributed by atoms with Crippen molar-refractivity contribution in [1.29, 1.82) is 15.8 Å². The van der Waals surface area contributed by atoms with Crippen molar-refractivity contribution in [3.63, 3.8) is 0 Å². The number of nitriles is 3. The molecule has 3 N–H and O–H groups in total. The van der Waals surface area contributed by atoms with Crippen LogP contribution in [0.25, 0.3) is 0 Å². The summed E-state index contributed by atoms with van der Waals surface area (Å²) in [5.74, 6) is -1.30. The molecule has 1 aliphatic carbocycles. The van der Waals surface area contributed by atoms with E-state index in [-0.39, 0.29) is 17.2 Å². The highest BCUT2D eigenvalue weighted by molar-refractivity contribution is 5.89. The summed E-state index contributed by atoms with van der Waals surface area (Å²) in [5, 5.41) is 32.6. The van der Waals surface area contributed by atoms with E-state index in [0.29, 0.717) is 24.2 Å². The van der Waals surface area contributed by atoms with E-state index in [1.54, 1.807) is 24.3 Å². The van der Waals surface area contributed by atoms with E-state index >= 15 is 0 Å². The van der Waals surface area contributed by atoms with Gasteiger partial charge in [0.05, 0.1) is 36.1 Å². The number of hydrogen-bond donors (Lipinski definition) is 2. The fraction of sp³-hybridized carbons (Fsp3) is 0.300. The highest BCUT2D eigenvalue weighted by Crippen LogP contribution is 2.53. The maximum absolute atomic E-state index is 11.7. The number of carbonyl (C=O) groups excluding carboxylic acids is 1. The maximum atomic E-state index is 11.7. The lowest BCUT2D eigenvalue weighted by molar-refractivity contribution is 0.0600. The molecule has 0 fully saturated rings. The van der Waals surface area contributed by atoms with Crippen LogP contribution in [0.1, 0.15) is 21.8 Å². The van der Waals surface area contributed by atoms with Gasteiger partial charge in [0.2, 0.25) is 0 Å². The molecule has 1 aromatic rings. The number of rotatable bonds is 2. The molecule has 0 aromatic heterocycles. The Morgan fingerprint density at radius 3 is 2.48 bits per heavy atom. The minimum atomic E-state index is -1.67. The molecule has 7 heteroatoms. The second kappa shape index (κ2) is 6.96. The first kappa shape index (κ1) is 18.2. The van der Waals surface area contributed by atoms with Crippen LogP contribution in [0.2, 0.25) is 0 Å². The van der Waals surface area contributed by atoms with Crippen LogP contribution in [0.4, 0.5) is 0 Å². The maximum Gasteiger partial charge on any atom is 0.337 e. The molecule has 1 aromatic carbocycles. The third-order valence-electron chi connectivity index (χ3n) is 5.24. The molecule has 0 spiro atoms. The first-order chi connectivity index (χ1) is 13.0. The molecule has 134 valence electrons. The predicted molar refractivity (Wildman–Crippen MR) is 95.5 cm³/mol. The van der Waals surface area contributed by atoms with Crippen molar-refractivity contribution in [3.05, 3.63) is 58.3 Å². The molecule has 0 radical (unpaired) electrons. The van der Waals surface area contributed by atoms with Crippen LogP contribution < -0.4 is 11.1 Å². The van der Waals surface area contributed by atoms with Crippen LogP contribution in [0, 0.1) is 45.3 Å². The fourth-order valence-electron chi connectivity index (χ4n) is 3.93. The molecule has 2 atom stereocenters. The number of allylic oxidation sites excluding steroid dienone is 2. The van der Waals surface area contributed by atoms with E-state index in [2.05, 4.69) is 23.5 Å². The second-order valence-electron chi connectivity index (χ2n) is 6.45. The lowest BCUT2D eigenvalue weighted by Gasteiger charge is -2.43. The molecule has 0 saturated carbocycles. The first-order valence-electron chi connectivity index (χ1n) is 8.36. The number of nitrogens with two attached hydrogens (primary N) is 1. The highest BCUT2D eigenvalue weighted by Gasteiger charge is 2.53. The van der Waals surface area contributed by atoms with Gasteiger partial charge in [0.25, 0.3) is 0 Å². The summed E-state index contributed by atoms with van der Waals surface area (Å²) in [6.07, 6.45) is 1.88. The van der Waals surface area contributed by atoms with Gasteiger partial charge in [-0.25, -0.2) is 4.79 Å². The van der Waals surface area contributed by atoms with E-state index in [4.69, 9.17) is 10.5 Å². The monoisotopic (exact) mass is 359 g/mol. The topological polar surface area (TPSA) is 136 Å². The summed E-state index contributed by atoms with van der Waals surface area (Å²) in [5.41, 5.74) is 6.57. The van der Waals surface area contributed by atoms with Crippen LogP contribution in [0.3, 0.4) is 0 Å². The lowest BCUT2D eigenvalue weighted by Crippen LogP contribution is -2.46. The number of fused-ring (bicyclic) bond motifs is 1. The van der Waals surface area contributed by atoms with Gasteiger partial charge in [0.15, 0.2) is 5.41 Å². The van der Waals surface area contributed by atoms with Crippen molar-refractivity contribution in [2.45, 2.75) is 5.92 Å². The summed E-state index contributed by atoms with van der Waals surface area (Å²) in [4.78, 5) is 11.7. The summed E-state index contributed by atoms with van der Waals surface area (Å²) in [7, 11) is 1.30. The van der Waals surface area contributed by atoms with Gasteiger partial charge in [-0.05, 0) is 23.3 Å². The Balaban J connectivity index is 2.22. The van der Waals surface area contributed by atoms with Gasteiger partial charge in [-0.2, -0.15) is 15.8 Å². The number of carbonyl (C=O) groups is 1. The summed E-state index contributed by atoms with van der Waals surface area (Å²) in [6.45, 7) is 1.10. The fourth-order valence-corrected chi connectivity index (χ4v) is 3.93. The molecule has 1 aliphatic heterocycles. The van der Waals surface area contributed by atoms with Crippen LogP contribution in [0.15, 0.2) is 47.2 Å². The highest BCUT2D eigenvalue weighted by atomic mass is 16.5. The van der Waals surface area contributed by atoms with Crippen molar-refractivity contribution >= 4 is 5.97 Å². The quantitative estimate of drug-likeness (QED) is 0.763. The normalized spacial score (nSPS) is 23.1. The first-order valence-corrected chi connectivity index (χ1v) is 8.36. The number of nitrogens with one attached hydrogen (secondary N) is 1. The Morgan fingerprint density at radius 2 is 1.93 bits per heavy atom. The molecule has 0 saturated heterocycles. The number of methoxy groups -OCH3 is 1. The standard InChI is InChI=1S/C20H17N5O2/c1-27-19(26)13-4-2-12(3-5-13)17-16-9-25-7-6-14(16)15(8-21)18(24)20(17,10-22)11-23/h2-6,16-17,25H,7,9,24H2,1H3. The van der Waals surface area contributed by atoms with Gasteiger partial charge in [-0.15, -0.1) is 0 Å². The third kappa shape index (κ3) is 2.64. The van der Waals surface area contributed by atoms with Crippen molar-refractivity contribution in [3.8, 4) is 18.2 Å². The Labute approximate surface area is 156 Å². The molecular formula is C20H17N5O2. The zero-order chi connectivity index (χ0) is 19.6. The average molecular weight is 359 g/mol. The van der Waals surface area contributed by atoms with E-state index in [0.717, 1.165) is 5.57 Å². The Bertz CT molecular complexity index is 956. The lowest BCUT2D eigenvalue weighted by atomic mass is 9.58. The second-order valence-corrected chi connectivity index (χ2v) is 6.45. The average Bonchev–Trinajstić information content (AvgIpc) is 2.72. The Morgan fingerprint density at radius 1 is 1.26 bits per heavy atom. The minimum absolute atomic E-state index is 0.0126. The molecule has 3 rings (SSSR count). The summed E-state index contributed by atoms with van der Waals surface area (Å²) in [6, 6.07) is 12.8. The number of benzene rings is 1. The van der Waals surface area contributed by atoms with Gasteiger partial charge in [-0.1, -0.05) is 18.2 Å². The zero-order valence-electron chi connectivity index (χ0n) is 14.7. The summed E-state index contributed by atoms with van der Waals surface area (Å²) >= 11 is 0. The molecular weight excluding hydrogens is 342 g/mol. The number of nitrogens with zero attached hydrogens (tertiary/aromatic N) is 3. The Hall–Kier alpha value is -3.60. The van der Waals surface area contributed by atoms with Crippen LogP contribution in [-0.2, 0) is 4.74 Å². The molecule has 27 heavy (non-hydrogen) atoms. The van der Waals surface area contributed by atoms with Crippen LogP contribution >= 0.6 is 0 Å². The van der Waals surface area contributed by atoms with Crippen molar-refractivity contribution in [1.82, 2.24) is 5.32 Å². The minimum Gasteiger partial charge on any atom is -0.465 e. The van der Waals surface area contributed by atoms with Gasteiger partial charge in [0, 0.05) is 24.9 Å².